The lowest BCUT2D eigenvalue weighted by molar-refractivity contribution is 0.578. The van der Waals surface area contributed by atoms with Gasteiger partial charge in [0, 0.05) is 35.1 Å². The molecule has 0 saturated heterocycles. The molecule has 2 aromatic heterocycles. The highest BCUT2D eigenvalue weighted by molar-refractivity contribution is 7.89. The second-order valence-electron chi connectivity index (χ2n) is 4.31. The van der Waals surface area contributed by atoms with E-state index in [1.165, 1.54) is 11.3 Å². The van der Waals surface area contributed by atoms with Crippen molar-refractivity contribution >= 4 is 21.4 Å². The molecule has 0 fully saturated rings. The molecule has 0 bridgehead atoms. The second-order valence-corrected chi connectivity index (χ2v) is 7.51. The maximum atomic E-state index is 12.1. The molecule has 0 unspecified atom stereocenters. The molecule has 0 atom stereocenters. The van der Waals surface area contributed by atoms with Gasteiger partial charge in [0.1, 0.15) is 5.82 Å². The Morgan fingerprint density at radius 1 is 1.42 bits per heavy atom. The van der Waals surface area contributed by atoms with Crippen molar-refractivity contribution in [3.8, 4) is 0 Å². The number of H-pyrrole nitrogens is 1. The van der Waals surface area contributed by atoms with Crippen molar-refractivity contribution in [3.63, 3.8) is 0 Å². The summed E-state index contributed by atoms with van der Waals surface area (Å²) < 4.78 is 26.8. The Balaban J connectivity index is 1.89. The first kappa shape index (κ1) is 14.2. The molecule has 0 amide bonds. The van der Waals surface area contributed by atoms with Crippen LogP contribution in [-0.2, 0) is 16.4 Å². The zero-order valence-corrected chi connectivity index (χ0v) is 12.6. The van der Waals surface area contributed by atoms with Crippen LogP contribution in [0.4, 0.5) is 0 Å². The van der Waals surface area contributed by atoms with Crippen LogP contribution in [0.3, 0.4) is 0 Å². The van der Waals surface area contributed by atoms with E-state index >= 15 is 0 Å². The number of hydrogen-bond acceptors (Lipinski definition) is 4. The summed E-state index contributed by atoms with van der Waals surface area (Å²) in [6.07, 6.45) is 4.90. The van der Waals surface area contributed by atoms with Crippen LogP contribution in [0, 0.1) is 13.8 Å². The van der Waals surface area contributed by atoms with E-state index in [1.807, 2.05) is 13.8 Å². The highest BCUT2D eigenvalue weighted by Crippen LogP contribution is 2.24. The first-order valence-electron chi connectivity index (χ1n) is 6.04. The van der Waals surface area contributed by atoms with Crippen LogP contribution in [0.2, 0.25) is 0 Å². The lowest BCUT2D eigenvalue weighted by atomic mass is 10.3. The molecule has 0 radical (unpaired) electrons. The molecular formula is C12H17N3O2S2. The molecule has 0 saturated carbocycles. The third kappa shape index (κ3) is 3.65. The summed E-state index contributed by atoms with van der Waals surface area (Å²) in [5.41, 5.74) is 0. The molecule has 0 aliphatic rings. The number of sulfonamides is 1. The normalized spacial score (nSPS) is 11.9. The van der Waals surface area contributed by atoms with E-state index in [1.54, 1.807) is 18.5 Å². The minimum atomic E-state index is -3.38. The number of thiophene rings is 1. The third-order valence-corrected chi connectivity index (χ3v) is 5.40. The molecule has 2 rings (SSSR count). The summed E-state index contributed by atoms with van der Waals surface area (Å²) in [5.74, 6) is 0.877. The molecule has 2 heterocycles. The molecule has 7 heteroatoms. The summed E-state index contributed by atoms with van der Waals surface area (Å²) in [6, 6.07) is 1.72. The molecule has 0 aromatic carbocycles. The van der Waals surface area contributed by atoms with Crippen molar-refractivity contribution in [2.75, 3.05) is 6.54 Å². The molecule has 2 aromatic rings. The summed E-state index contributed by atoms with van der Waals surface area (Å²) >= 11 is 1.50. The summed E-state index contributed by atoms with van der Waals surface area (Å²) in [4.78, 5) is 9.32. The van der Waals surface area contributed by atoms with Gasteiger partial charge in [0.05, 0.1) is 4.90 Å². The number of nitrogens with one attached hydrogen (secondary N) is 2. The van der Waals surface area contributed by atoms with E-state index in [0.717, 1.165) is 28.4 Å². The highest BCUT2D eigenvalue weighted by atomic mass is 32.2. The first-order chi connectivity index (χ1) is 8.99. The van der Waals surface area contributed by atoms with Gasteiger partial charge in [-0.2, -0.15) is 0 Å². The molecule has 0 spiro atoms. The number of rotatable bonds is 6. The summed E-state index contributed by atoms with van der Waals surface area (Å²) in [6.45, 7) is 4.15. The quantitative estimate of drug-likeness (QED) is 0.801. The van der Waals surface area contributed by atoms with Crippen molar-refractivity contribution in [1.29, 1.82) is 0 Å². The molecule has 2 N–H and O–H groups in total. The monoisotopic (exact) mass is 299 g/mol. The van der Waals surface area contributed by atoms with Crippen LogP contribution in [0.25, 0.3) is 0 Å². The largest absolute Gasteiger partial charge is 0.349 e. The van der Waals surface area contributed by atoms with Gasteiger partial charge in [-0.1, -0.05) is 0 Å². The predicted molar refractivity (Wildman–Crippen MR) is 75.9 cm³/mol. The van der Waals surface area contributed by atoms with Crippen molar-refractivity contribution in [1.82, 2.24) is 14.7 Å². The molecule has 5 nitrogen and oxygen atoms in total. The van der Waals surface area contributed by atoms with E-state index < -0.39 is 10.0 Å². The SMILES string of the molecule is Cc1cc(S(=O)(=O)NCCCc2ncc[nH]2)c(C)s1. The smallest absolute Gasteiger partial charge is 0.241 e. The van der Waals surface area contributed by atoms with Gasteiger partial charge in [-0.3, -0.25) is 0 Å². The maximum absolute atomic E-state index is 12.1. The maximum Gasteiger partial charge on any atom is 0.241 e. The van der Waals surface area contributed by atoms with Crippen molar-refractivity contribution in [3.05, 3.63) is 34.0 Å². The van der Waals surface area contributed by atoms with Crippen molar-refractivity contribution in [2.45, 2.75) is 31.6 Å². The second kappa shape index (κ2) is 5.85. The van der Waals surface area contributed by atoms with E-state index in [9.17, 15) is 8.42 Å². The Morgan fingerprint density at radius 2 is 2.21 bits per heavy atom. The number of nitrogens with zero attached hydrogens (tertiary/aromatic N) is 1. The van der Waals surface area contributed by atoms with Crippen molar-refractivity contribution < 1.29 is 8.42 Å². The minimum absolute atomic E-state index is 0.396. The Morgan fingerprint density at radius 3 is 2.79 bits per heavy atom. The van der Waals surface area contributed by atoms with Crippen LogP contribution in [0.1, 0.15) is 22.0 Å². The van der Waals surface area contributed by atoms with Gasteiger partial charge < -0.3 is 4.98 Å². The average molecular weight is 299 g/mol. The summed E-state index contributed by atoms with van der Waals surface area (Å²) in [7, 11) is -3.38. The van der Waals surface area contributed by atoms with Crippen molar-refractivity contribution in [2.24, 2.45) is 0 Å². The topological polar surface area (TPSA) is 74.8 Å². The fraction of sp³-hybridized carbons (Fsp3) is 0.417. The van der Waals surface area contributed by atoms with Crippen LogP contribution in [0.5, 0.6) is 0 Å². The lowest BCUT2D eigenvalue weighted by Gasteiger charge is -2.05. The van der Waals surface area contributed by atoms with Gasteiger partial charge in [-0.05, 0) is 26.3 Å². The molecule has 0 aliphatic carbocycles. The average Bonchev–Trinajstić information content (AvgIpc) is 2.94. The van der Waals surface area contributed by atoms with E-state index in [0.29, 0.717) is 11.4 Å². The van der Waals surface area contributed by atoms with Gasteiger partial charge >= 0.3 is 0 Å². The molecule has 19 heavy (non-hydrogen) atoms. The molecule has 0 aliphatic heterocycles. The van der Waals surface area contributed by atoms with E-state index in [4.69, 9.17) is 0 Å². The lowest BCUT2D eigenvalue weighted by Crippen LogP contribution is -2.25. The number of imidazole rings is 1. The van der Waals surface area contributed by atoms with Gasteiger partial charge in [0.15, 0.2) is 0 Å². The van der Waals surface area contributed by atoms with E-state index in [-0.39, 0.29) is 0 Å². The molecular weight excluding hydrogens is 282 g/mol. The van der Waals surface area contributed by atoms with Crippen LogP contribution >= 0.6 is 11.3 Å². The Bertz CT molecular complexity index is 630. The number of aromatic amines is 1. The Hall–Kier alpha value is -1.18. The Labute approximate surface area is 117 Å². The zero-order chi connectivity index (χ0) is 13.9. The van der Waals surface area contributed by atoms with Gasteiger partial charge in [-0.15, -0.1) is 11.3 Å². The summed E-state index contributed by atoms with van der Waals surface area (Å²) in [5, 5.41) is 0. The third-order valence-electron chi connectivity index (χ3n) is 2.72. The van der Waals surface area contributed by atoms with Gasteiger partial charge in [0.2, 0.25) is 10.0 Å². The highest BCUT2D eigenvalue weighted by Gasteiger charge is 2.18. The van der Waals surface area contributed by atoms with Crippen LogP contribution < -0.4 is 4.72 Å². The van der Waals surface area contributed by atoms with Crippen LogP contribution in [-0.4, -0.2) is 24.9 Å². The van der Waals surface area contributed by atoms with Crippen LogP contribution in [0.15, 0.2) is 23.4 Å². The standard InChI is InChI=1S/C12H17N3O2S2/c1-9-8-11(10(2)18-9)19(16,17)15-5-3-4-12-13-6-7-14-12/h6-8,15H,3-5H2,1-2H3,(H,13,14). The fourth-order valence-electron chi connectivity index (χ4n) is 1.85. The Kier molecular flexibility index (Phi) is 4.38. The zero-order valence-electron chi connectivity index (χ0n) is 10.9. The number of aromatic nitrogens is 2. The fourth-order valence-corrected chi connectivity index (χ4v) is 4.48. The van der Waals surface area contributed by atoms with E-state index in [2.05, 4.69) is 14.7 Å². The number of hydrogen-bond donors (Lipinski definition) is 2. The van der Waals surface area contributed by atoms with Gasteiger partial charge in [0.25, 0.3) is 0 Å². The predicted octanol–water partition coefficient (Wildman–Crippen LogP) is 2.00. The minimum Gasteiger partial charge on any atom is -0.349 e. The number of aryl methyl sites for hydroxylation is 3. The molecule has 104 valence electrons. The van der Waals surface area contributed by atoms with Gasteiger partial charge in [-0.25, -0.2) is 18.1 Å². The first-order valence-corrected chi connectivity index (χ1v) is 8.34.